The number of halogens is 2. The Labute approximate surface area is 464 Å². The molecule has 0 aliphatic carbocycles. The summed E-state index contributed by atoms with van der Waals surface area (Å²) in [7, 11) is 2.95. The van der Waals surface area contributed by atoms with Crippen LogP contribution in [0.2, 0.25) is 0 Å². The molecule has 3 aliphatic rings. The highest BCUT2D eigenvalue weighted by Crippen LogP contribution is 2.47. The van der Waals surface area contributed by atoms with Crippen LogP contribution in [0.25, 0.3) is 22.5 Å². The van der Waals surface area contributed by atoms with Gasteiger partial charge in [0.2, 0.25) is 0 Å². The van der Waals surface area contributed by atoms with Crippen molar-refractivity contribution in [2.24, 2.45) is 5.73 Å². The van der Waals surface area contributed by atoms with Crippen molar-refractivity contribution in [1.82, 2.24) is 15.3 Å². The summed E-state index contributed by atoms with van der Waals surface area (Å²) in [4.78, 5) is 35.7. The zero-order valence-electron chi connectivity index (χ0n) is 46.2. The Balaban J connectivity index is 0.000000211. The van der Waals surface area contributed by atoms with E-state index in [9.17, 15) is 38.8 Å². The Morgan fingerprint density at radius 2 is 1.10 bits per heavy atom. The second kappa shape index (κ2) is 24.3. The van der Waals surface area contributed by atoms with Crippen LogP contribution in [0.1, 0.15) is 110 Å². The third-order valence-corrected chi connectivity index (χ3v) is 14.3. The van der Waals surface area contributed by atoms with Crippen LogP contribution in [0.15, 0.2) is 97.1 Å². The van der Waals surface area contributed by atoms with Gasteiger partial charge in [-0.25, -0.2) is 18.7 Å². The third kappa shape index (κ3) is 13.5. The van der Waals surface area contributed by atoms with Gasteiger partial charge in [0.1, 0.15) is 60.7 Å². The molecule has 4 aromatic carbocycles. The second-order valence-corrected chi connectivity index (χ2v) is 21.6. The lowest BCUT2D eigenvalue weighted by atomic mass is 9.87. The quantitative estimate of drug-likeness (QED) is 0.0351. The van der Waals surface area contributed by atoms with Gasteiger partial charge in [-0.05, 0) is 151 Å². The van der Waals surface area contributed by atoms with Gasteiger partial charge in [-0.2, -0.15) is 0 Å². The van der Waals surface area contributed by atoms with Gasteiger partial charge < -0.3 is 59.3 Å². The first-order valence-corrected chi connectivity index (χ1v) is 26.4. The maximum absolute atomic E-state index is 13.7. The smallest absolute Gasteiger partial charge is 0.163 e. The van der Waals surface area contributed by atoms with Crippen molar-refractivity contribution in [2.45, 2.75) is 108 Å². The van der Waals surface area contributed by atoms with Crippen LogP contribution in [0.5, 0.6) is 34.5 Å². The van der Waals surface area contributed by atoms with E-state index in [-0.39, 0.29) is 74.7 Å². The molecule has 0 bridgehead atoms. The van der Waals surface area contributed by atoms with E-state index in [0.29, 0.717) is 105 Å². The number of methoxy groups -OCH3 is 2. The van der Waals surface area contributed by atoms with Gasteiger partial charge in [-0.1, -0.05) is 0 Å². The number of aliphatic hydroxyl groups excluding tert-OH is 2. The monoisotopic (exact) mass is 1100 g/mol. The predicted molar refractivity (Wildman–Crippen MR) is 293 cm³/mol. The van der Waals surface area contributed by atoms with Gasteiger partial charge in [-0.3, -0.25) is 14.9 Å². The van der Waals surface area contributed by atoms with Crippen LogP contribution in [0.3, 0.4) is 0 Å². The number of aromatic nitrogens is 2. The van der Waals surface area contributed by atoms with E-state index in [1.165, 1.54) is 38.5 Å². The molecule has 426 valence electrons. The highest BCUT2D eigenvalue weighted by molar-refractivity contribution is 5.97. The number of pyridine rings is 2. The summed E-state index contributed by atoms with van der Waals surface area (Å²) in [6.07, 6.45) is -1.04. The SMILES string of the molecule is COc1cc(C(=O)CC[C@@](C)(O)c2cc3c(c(-c4ccc(F)cc4)n2)OC[C@@]3(C)N)ccc1OC[C@@H](C)O.COc1cc(C(=O)CC[C@@](C)(O)c2cc3c(c(-c4ccc(F)cc4)n2)OC[C@@]3(C)NC2COC2)ccc1OC[C@@H](C)O. The molecule has 9 rings (SSSR count). The zero-order valence-corrected chi connectivity index (χ0v) is 46.2. The van der Waals surface area contributed by atoms with Crippen molar-refractivity contribution in [3.63, 3.8) is 0 Å². The molecule has 0 spiro atoms. The van der Waals surface area contributed by atoms with Gasteiger partial charge >= 0.3 is 0 Å². The molecular formula is C61H70F2N4O13. The molecule has 0 amide bonds. The van der Waals surface area contributed by atoms with E-state index in [1.54, 1.807) is 94.4 Å². The summed E-state index contributed by atoms with van der Waals surface area (Å²) in [5, 5.41) is 45.7. The topological polar surface area (TPSA) is 243 Å². The van der Waals surface area contributed by atoms with Crippen molar-refractivity contribution in [1.29, 1.82) is 0 Å². The van der Waals surface area contributed by atoms with Crippen molar-refractivity contribution >= 4 is 11.6 Å². The summed E-state index contributed by atoms with van der Waals surface area (Å²) in [6.45, 7) is 12.3. The number of benzene rings is 4. The van der Waals surface area contributed by atoms with Crippen molar-refractivity contribution in [3.8, 4) is 57.0 Å². The number of rotatable bonds is 22. The number of nitrogens with two attached hydrogens (primary N) is 1. The average Bonchev–Trinajstić information content (AvgIpc) is 4.02. The summed E-state index contributed by atoms with van der Waals surface area (Å²) in [6, 6.07) is 25.2. The maximum atomic E-state index is 13.7. The molecule has 0 radical (unpaired) electrons. The molecule has 2 aromatic heterocycles. The number of fused-ring (bicyclic) bond motifs is 2. The molecular weight excluding hydrogens is 1030 g/mol. The van der Waals surface area contributed by atoms with E-state index in [1.807, 2.05) is 19.9 Å². The first-order valence-electron chi connectivity index (χ1n) is 26.4. The largest absolute Gasteiger partial charge is 0.493 e. The van der Waals surface area contributed by atoms with Crippen LogP contribution >= 0.6 is 0 Å². The molecule has 1 saturated heterocycles. The normalized spacial score (nSPS) is 19.5. The number of hydrogen-bond donors (Lipinski definition) is 6. The number of nitrogens with zero attached hydrogens (tertiary/aromatic N) is 2. The molecule has 1 fully saturated rings. The van der Waals surface area contributed by atoms with Gasteiger partial charge in [0.05, 0.1) is 68.1 Å². The summed E-state index contributed by atoms with van der Waals surface area (Å²) >= 11 is 0. The number of Topliss-reactive ketones (excluding diaryl/α,β-unsaturated/α-hetero) is 2. The Kier molecular flexibility index (Phi) is 17.9. The van der Waals surface area contributed by atoms with Gasteiger partial charge in [-0.15, -0.1) is 0 Å². The number of aliphatic hydroxyl groups is 4. The van der Waals surface area contributed by atoms with Crippen molar-refractivity contribution < 1.29 is 72.0 Å². The minimum absolute atomic E-state index is 0.0328. The lowest BCUT2D eigenvalue weighted by Gasteiger charge is -2.35. The molecule has 6 aromatic rings. The molecule has 17 nitrogen and oxygen atoms in total. The highest BCUT2D eigenvalue weighted by Gasteiger charge is 2.43. The molecule has 5 heterocycles. The van der Waals surface area contributed by atoms with Crippen molar-refractivity contribution in [2.75, 3.05) is 53.9 Å². The first-order chi connectivity index (χ1) is 37.9. The Hall–Kier alpha value is -7.10. The Morgan fingerprint density at radius 3 is 1.51 bits per heavy atom. The van der Waals surface area contributed by atoms with Crippen LogP contribution in [0, 0.1) is 11.6 Å². The predicted octanol–water partition coefficient (Wildman–Crippen LogP) is 8.22. The van der Waals surface area contributed by atoms with Crippen LogP contribution in [0.4, 0.5) is 8.78 Å². The van der Waals surface area contributed by atoms with Crippen LogP contribution in [-0.2, 0) is 27.0 Å². The summed E-state index contributed by atoms with van der Waals surface area (Å²) in [5.74, 6) is 1.54. The highest BCUT2D eigenvalue weighted by atomic mass is 19.1. The van der Waals surface area contributed by atoms with Gasteiger partial charge in [0.25, 0.3) is 0 Å². The minimum atomic E-state index is -1.47. The molecule has 0 saturated carbocycles. The lowest BCUT2D eigenvalue weighted by molar-refractivity contribution is -0.0204. The Bertz CT molecular complexity index is 3180. The molecule has 19 heteroatoms. The molecule has 3 aliphatic heterocycles. The van der Waals surface area contributed by atoms with Crippen LogP contribution < -0.4 is 39.5 Å². The lowest BCUT2D eigenvalue weighted by Crippen LogP contribution is -2.55. The van der Waals surface area contributed by atoms with E-state index < -0.39 is 34.5 Å². The van der Waals surface area contributed by atoms with Crippen molar-refractivity contribution in [3.05, 3.63) is 142 Å². The third-order valence-electron chi connectivity index (χ3n) is 14.3. The molecule has 0 unspecified atom stereocenters. The van der Waals surface area contributed by atoms with Crippen LogP contribution in [-0.4, -0.2) is 114 Å². The molecule has 80 heavy (non-hydrogen) atoms. The van der Waals surface area contributed by atoms with E-state index >= 15 is 0 Å². The number of carbonyl (C=O) groups excluding carboxylic acids is 2. The number of ketones is 2. The fraction of sp³-hybridized carbons (Fsp3) is 0.410. The summed E-state index contributed by atoms with van der Waals surface area (Å²) in [5.41, 5.74) is 7.46. The summed E-state index contributed by atoms with van der Waals surface area (Å²) < 4.78 is 66.5. The van der Waals surface area contributed by atoms with Gasteiger partial charge in [0, 0.05) is 46.2 Å². The molecule has 7 N–H and O–H groups in total. The minimum Gasteiger partial charge on any atom is -0.493 e. The number of nitrogens with one attached hydrogen (secondary N) is 1. The van der Waals surface area contributed by atoms with E-state index in [4.69, 9.17) is 43.9 Å². The first kappa shape index (κ1) is 59.0. The Morgan fingerprint density at radius 1 is 0.675 bits per heavy atom. The second-order valence-electron chi connectivity index (χ2n) is 21.6. The fourth-order valence-corrected chi connectivity index (χ4v) is 9.43. The fourth-order valence-electron chi connectivity index (χ4n) is 9.43. The number of ether oxygens (including phenoxy) is 7. The number of hydrogen-bond acceptors (Lipinski definition) is 17. The average molecular weight is 1110 g/mol. The van der Waals surface area contributed by atoms with E-state index in [2.05, 4.69) is 10.3 Å². The standard InChI is InChI=1S/C32H37FN2O7.C29H33FN2O6/c1-19(36)15-41-26-10-7-21(13-27(26)39-4)25(37)11-12-32(3,38)28-14-24-30(29(34-28)20-5-8-22(33)9-6-20)42-18-31(24,2)35-23-16-40-17-23;1-17(33)15-37-23-10-7-19(13-24(23)36-4)22(34)11-12-29(3,35)25-14-21-27(38-16-28(21,2)31)26(32-25)18-5-8-20(30)9-6-18/h5-10,13-14,19,23,35-36,38H,11-12,15-18H2,1-4H3;5-10,13-14,17,33,35H,11-12,15-16,31H2,1-4H3/t19-,31-,32-;17-,28-,29-/m11/s1. The zero-order chi connectivity index (χ0) is 57.7. The molecule has 6 atom stereocenters. The maximum Gasteiger partial charge on any atom is 0.163 e. The number of carbonyl (C=O) groups is 2. The van der Waals surface area contributed by atoms with E-state index in [0.717, 1.165) is 5.56 Å². The van der Waals surface area contributed by atoms with Gasteiger partial charge in [0.15, 0.2) is 46.1 Å².